The lowest BCUT2D eigenvalue weighted by Crippen LogP contribution is -2.36. The van der Waals surface area contributed by atoms with E-state index in [0.717, 1.165) is 4.90 Å². The SMILES string of the molecule is COc1cccc(C(=O)NCC(=O)OCN2C(=O)c3ccccc3C2=O)c1. The normalized spacial score (nSPS) is 12.6. The standard InChI is InChI=1S/C19H16N2O6/c1-26-13-6-4-5-12(9-13)17(23)20-10-16(22)27-11-21-18(24)14-7-2-3-8-15(14)19(21)25/h2-9H,10-11H2,1H3,(H,20,23). The quantitative estimate of drug-likeness (QED) is 0.608. The largest absolute Gasteiger partial charge is 0.497 e. The van der Waals surface area contributed by atoms with Gasteiger partial charge in [0, 0.05) is 5.56 Å². The average molecular weight is 368 g/mol. The molecular formula is C19H16N2O6. The molecule has 138 valence electrons. The first-order valence-corrected chi connectivity index (χ1v) is 8.04. The summed E-state index contributed by atoms with van der Waals surface area (Å²) in [7, 11) is 1.48. The number of benzene rings is 2. The predicted octanol–water partition coefficient (Wildman–Crippen LogP) is 1.22. The topological polar surface area (TPSA) is 102 Å². The van der Waals surface area contributed by atoms with E-state index in [4.69, 9.17) is 9.47 Å². The molecule has 1 aliphatic rings. The lowest BCUT2D eigenvalue weighted by Gasteiger charge is -2.14. The molecule has 0 atom stereocenters. The Morgan fingerprint density at radius 1 is 1.00 bits per heavy atom. The second-order valence-electron chi connectivity index (χ2n) is 5.64. The van der Waals surface area contributed by atoms with Gasteiger partial charge in [-0.2, -0.15) is 0 Å². The van der Waals surface area contributed by atoms with Gasteiger partial charge in [0.25, 0.3) is 17.7 Å². The number of hydrogen-bond donors (Lipinski definition) is 1. The third-order valence-electron chi connectivity index (χ3n) is 3.96. The zero-order valence-corrected chi connectivity index (χ0v) is 14.4. The van der Waals surface area contributed by atoms with Crippen LogP contribution in [0.4, 0.5) is 0 Å². The summed E-state index contributed by atoms with van der Waals surface area (Å²) in [4.78, 5) is 49.0. The molecule has 3 rings (SSSR count). The number of fused-ring (bicyclic) bond motifs is 1. The van der Waals surface area contributed by atoms with E-state index in [0.29, 0.717) is 11.3 Å². The van der Waals surface area contributed by atoms with Crippen LogP contribution < -0.4 is 10.1 Å². The van der Waals surface area contributed by atoms with E-state index in [9.17, 15) is 19.2 Å². The Kier molecular flexibility index (Phi) is 5.16. The zero-order valence-electron chi connectivity index (χ0n) is 14.4. The number of amides is 3. The number of hydrogen-bond acceptors (Lipinski definition) is 6. The van der Waals surface area contributed by atoms with Gasteiger partial charge in [-0.3, -0.25) is 19.2 Å². The molecule has 1 aliphatic heterocycles. The van der Waals surface area contributed by atoms with Crippen molar-refractivity contribution < 1.29 is 28.7 Å². The number of methoxy groups -OCH3 is 1. The molecule has 27 heavy (non-hydrogen) atoms. The third kappa shape index (κ3) is 3.79. The molecule has 1 heterocycles. The number of imide groups is 1. The summed E-state index contributed by atoms with van der Waals surface area (Å²) in [6.45, 7) is -0.917. The van der Waals surface area contributed by atoms with Crippen molar-refractivity contribution in [3.63, 3.8) is 0 Å². The summed E-state index contributed by atoms with van der Waals surface area (Å²) >= 11 is 0. The second kappa shape index (κ2) is 7.69. The summed E-state index contributed by atoms with van der Waals surface area (Å²) < 4.78 is 9.97. The van der Waals surface area contributed by atoms with Gasteiger partial charge < -0.3 is 14.8 Å². The molecule has 3 amide bonds. The monoisotopic (exact) mass is 368 g/mol. The van der Waals surface area contributed by atoms with Gasteiger partial charge in [0.2, 0.25) is 0 Å². The van der Waals surface area contributed by atoms with E-state index in [1.54, 1.807) is 30.3 Å². The molecule has 1 N–H and O–H groups in total. The Labute approximate surface area is 154 Å². The van der Waals surface area contributed by atoms with E-state index in [2.05, 4.69) is 5.32 Å². The minimum atomic E-state index is -0.775. The molecule has 0 unspecified atom stereocenters. The van der Waals surface area contributed by atoms with Crippen LogP contribution in [0.15, 0.2) is 48.5 Å². The molecule has 0 aliphatic carbocycles. The van der Waals surface area contributed by atoms with Gasteiger partial charge in [-0.05, 0) is 30.3 Å². The number of rotatable bonds is 6. The van der Waals surface area contributed by atoms with Crippen LogP contribution >= 0.6 is 0 Å². The minimum absolute atomic E-state index is 0.268. The molecule has 0 aromatic heterocycles. The number of ether oxygens (including phenoxy) is 2. The van der Waals surface area contributed by atoms with Gasteiger partial charge in [0.1, 0.15) is 12.3 Å². The van der Waals surface area contributed by atoms with Crippen molar-refractivity contribution in [2.75, 3.05) is 20.4 Å². The Bertz CT molecular complexity index is 889. The van der Waals surface area contributed by atoms with E-state index in [1.807, 2.05) is 0 Å². The Balaban J connectivity index is 1.51. The van der Waals surface area contributed by atoms with Gasteiger partial charge in [-0.1, -0.05) is 18.2 Å². The molecular weight excluding hydrogens is 352 g/mol. The Hall–Kier alpha value is -3.68. The van der Waals surface area contributed by atoms with E-state index < -0.39 is 37.0 Å². The summed E-state index contributed by atoms with van der Waals surface area (Å²) in [5.74, 6) is -1.79. The van der Waals surface area contributed by atoms with Crippen molar-refractivity contribution in [2.24, 2.45) is 0 Å². The summed E-state index contributed by atoms with van der Waals surface area (Å²) in [6, 6.07) is 12.8. The fourth-order valence-electron chi connectivity index (χ4n) is 2.56. The lowest BCUT2D eigenvalue weighted by molar-refractivity contribution is -0.145. The number of carbonyl (C=O) groups is 4. The van der Waals surface area contributed by atoms with Gasteiger partial charge in [-0.25, -0.2) is 4.90 Å². The van der Waals surface area contributed by atoms with E-state index >= 15 is 0 Å². The molecule has 2 aromatic carbocycles. The van der Waals surface area contributed by atoms with Crippen molar-refractivity contribution >= 4 is 23.7 Å². The van der Waals surface area contributed by atoms with Gasteiger partial charge in [-0.15, -0.1) is 0 Å². The number of carbonyl (C=O) groups excluding carboxylic acids is 4. The molecule has 0 spiro atoms. The summed E-state index contributed by atoms with van der Waals surface area (Å²) in [5, 5.41) is 2.41. The molecule has 0 fully saturated rings. The van der Waals surface area contributed by atoms with E-state index in [-0.39, 0.29) is 11.1 Å². The smallest absolute Gasteiger partial charge is 0.327 e. The maximum absolute atomic E-state index is 12.2. The van der Waals surface area contributed by atoms with Crippen molar-refractivity contribution in [1.29, 1.82) is 0 Å². The lowest BCUT2D eigenvalue weighted by atomic mass is 10.1. The fraction of sp³-hybridized carbons (Fsp3) is 0.158. The molecule has 0 saturated carbocycles. The highest BCUT2D eigenvalue weighted by molar-refractivity contribution is 6.21. The van der Waals surface area contributed by atoms with Crippen LogP contribution in [0.5, 0.6) is 5.75 Å². The Morgan fingerprint density at radius 3 is 2.30 bits per heavy atom. The molecule has 2 aromatic rings. The second-order valence-corrected chi connectivity index (χ2v) is 5.64. The van der Waals surface area contributed by atoms with Crippen LogP contribution in [0.2, 0.25) is 0 Å². The van der Waals surface area contributed by atoms with Gasteiger partial charge >= 0.3 is 5.97 Å². The molecule has 0 saturated heterocycles. The van der Waals surface area contributed by atoms with Crippen molar-refractivity contribution in [1.82, 2.24) is 10.2 Å². The highest BCUT2D eigenvalue weighted by Crippen LogP contribution is 2.22. The highest BCUT2D eigenvalue weighted by atomic mass is 16.5. The van der Waals surface area contributed by atoms with E-state index in [1.165, 1.54) is 25.3 Å². The maximum atomic E-state index is 12.2. The van der Waals surface area contributed by atoms with Gasteiger partial charge in [0.05, 0.1) is 18.2 Å². The molecule has 8 nitrogen and oxygen atoms in total. The maximum Gasteiger partial charge on any atom is 0.327 e. The van der Waals surface area contributed by atoms with Crippen LogP contribution in [-0.2, 0) is 9.53 Å². The first kappa shape index (κ1) is 18.1. The van der Waals surface area contributed by atoms with Crippen molar-refractivity contribution in [2.45, 2.75) is 0 Å². The van der Waals surface area contributed by atoms with Crippen molar-refractivity contribution in [3.05, 3.63) is 65.2 Å². The molecule has 8 heteroatoms. The minimum Gasteiger partial charge on any atom is -0.497 e. The van der Waals surface area contributed by atoms with Gasteiger partial charge in [0.15, 0.2) is 6.73 Å². The summed E-state index contributed by atoms with van der Waals surface area (Å²) in [6.07, 6.45) is 0. The molecule has 0 radical (unpaired) electrons. The van der Waals surface area contributed by atoms with Crippen LogP contribution in [-0.4, -0.2) is 49.0 Å². The summed E-state index contributed by atoms with van der Waals surface area (Å²) in [5.41, 5.74) is 0.859. The third-order valence-corrected chi connectivity index (χ3v) is 3.96. The first-order valence-electron chi connectivity index (χ1n) is 8.04. The predicted molar refractivity (Wildman–Crippen MR) is 93.2 cm³/mol. The van der Waals surface area contributed by atoms with Crippen LogP contribution in [0.25, 0.3) is 0 Å². The first-order chi connectivity index (χ1) is 13.0. The van der Waals surface area contributed by atoms with Crippen LogP contribution in [0, 0.1) is 0 Å². The van der Waals surface area contributed by atoms with Crippen LogP contribution in [0.3, 0.4) is 0 Å². The number of esters is 1. The number of nitrogens with one attached hydrogen (secondary N) is 1. The van der Waals surface area contributed by atoms with Crippen LogP contribution in [0.1, 0.15) is 31.1 Å². The fourth-order valence-corrected chi connectivity index (χ4v) is 2.56. The number of nitrogens with zero attached hydrogens (tertiary/aromatic N) is 1. The highest BCUT2D eigenvalue weighted by Gasteiger charge is 2.35. The molecule has 0 bridgehead atoms. The zero-order chi connectivity index (χ0) is 19.4. The Morgan fingerprint density at radius 2 is 1.67 bits per heavy atom. The average Bonchev–Trinajstić information content (AvgIpc) is 2.95. The van der Waals surface area contributed by atoms with Crippen molar-refractivity contribution in [3.8, 4) is 5.75 Å².